The van der Waals surface area contributed by atoms with Crippen molar-refractivity contribution in [2.75, 3.05) is 11.9 Å². The third kappa shape index (κ3) is 3.38. The van der Waals surface area contributed by atoms with Crippen molar-refractivity contribution in [2.45, 2.75) is 46.5 Å². The van der Waals surface area contributed by atoms with Crippen molar-refractivity contribution in [1.29, 1.82) is 0 Å². The lowest BCUT2D eigenvalue weighted by Crippen LogP contribution is -2.39. The monoisotopic (exact) mass is 253 g/mol. The number of benzene rings is 1. The Bertz CT molecular complexity index is 379. The molecule has 1 aromatic carbocycles. The summed E-state index contributed by atoms with van der Waals surface area (Å²) in [6.45, 7) is 11.2. The number of rotatable bonds is 3. The molecule has 2 heteroatoms. The third-order valence-electron chi connectivity index (χ3n) is 3.71. The van der Waals surface area contributed by atoms with Crippen molar-refractivity contribution >= 4 is 17.3 Å². The van der Waals surface area contributed by atoms with Crippen molar-refractivity contribution in [2.24, 2.45) is 5.41 Å². The van der Waals surface area contributed by atoms with Gasteiger partial charge in [0.2, 0.25) is 0 Å². The lowest BCUT2D eigenvalue weighted by atomic mass is 9.87. The maximum absolute atomic E-state index is 5.89. The highest BCUT2D eigenvalue weighted by Crippen LogP contribution is 2.28. The average molecular weight is 254 g/mol. The Morgan fingerprint density at radius 3 is 2.29 bits per heavy atom. The maximum Gasteiger partial charge on any atom is 0.0476 e. The Kier molecular flexibility index (Phi) is 4.48. The second kappa shape index (κ2) is 5.30. The molecule has 1 rings (SSSR count). The van der Waals surface area contributed by atoms with E-state index >= 15 is 0 Å². The molecule has 0 aliphatic carbocycles. The van der Waals surface area contributed by atoms with E-state index in [4.69, 9.17) is 11.6 Å². The predicted molar refractivity (Wildman–Crippen MR) is 78.1 cm³/mol. The van der Waals surface area contributed by atoms with Gasteiger partial charge in [-0.25, -0.2) is 0 Å². The minimum absolute atomic E-state index is 0.272. The van der Waals surface area contributed by atoms with Crippen LogP contribution in [-0.2, 0) is 5.88 Å². The molecular formula is C15H24ClN. The second-order valence-corrected chi connectivity index (χ2v) is 6.16. The summed E-state index contributed by atoms with van der Waals surface area (Å²) in [6, 6.07) is 7.00. The second-order valence-electron chi connectivity index (χ2n) is 5.90. The summed E-state index contributed by atoms with van der Waals surface area (Å²) in [6.07, 6.45) is 0. The molecule has 0 aromatic heterocycles. The highest BCUT2D eigenvalue weighted by Gasteiger charge is 2.24. The largest absolute Gasteiger partial charge is 0.371 e. The van der Waals surface area contributed by atoms with E-state index < -0.39 is 0 Å². The zero-order valence-corrected chi connectivity index (χ0v) is 12.6. The van der Waals surface area contributed by atoms with Gasteiger partial charge in [-0.3, -0.25) is 0 Å². The molecule has 0 saturated carbocycles. The number of hydrogen-bond donors (Lipinski definition) is 0. The molecule has 0 bridgehead atoms. The third-order valence-corrected chi connectivity index (χ3v) is 4.00. The van der Waals surface area contributed by atoms with Gasteiger partial charge < -0.3 is 4.90 Å². The molecule has 0 saturated heterocycles. The molecule has 17 heavy (non-hydrogen) atoms. The van der Waals surface area contributed by atoms with E-state index in [-0.39, 0.29) is 5.41 Å². The van der Waals surface area contributed by atoms with Crippen LogP contribution in [0.4, 0.5) is 5.69 Å². The van der Waals surface area contributed by atoms with E-state index in [1.165, 1.54) is 16.8 Å². The van der Waals surface area contributed by atoms with Gasteiger partial charge in [0.15, 0.2) is 0 Å². The van der Waals surface area contributed by atoms with Crippen LogP contribution in [0.5, 0.6) is 0 Å². The Morgan fingerprint density at radius 1 is 1.29 bits per heavy atom. The molecule has 0 aliphatic heterocycles. The fourth-order valence-corrected chi connectivity index (χ4v) is 2.15. The molecule has 0 fully saturated rings. The van der Waals surface area contributed by atoms with E-state index in [0.717, 1.165) is 0 Å². The summed E-state index contributed by atoms with van der Waals surface area (Å²) in [4.78, 5) is 2.34. The van der Waals surface area contributed by atoms with E-state index in [9.17, 15) is 0 Å². The summed E-state index contributed by atoms with van der Waals surface area (Å²) in [5.41, 5.74) is 4.02. The molecular weight excluding hydrogens is 230 g/mol. The summed E-state index contributed by atoms with van der Waals surface area (Å²) < 4.78 is 0. The van der Waals surface area contributed by atoms with Gasteiger partial charge in [-0.05, 0) is 42.5 Å². The first-order valence-corrected chi connectivity index (χ1v) is 6.69. The molecule has 0 heterocycles. The van der Waals surface area contributed by atoms with Gasteiger partial charge in [0.05, 0.1) is 0 Å². The van der Waals surface area contributed by atoms with Crippen LogP contribution in [0, 0.1) is 12.3 Å². The molecule has 0 aliphatic rings. The molecule has 0 N–H and O–H groups in total. The normalized spacial score (nSPS) is 13.6. The van der Waals surface area contributed by atoms with Gasteiger partial charge in [-0.15, -0.1) is 11.6 Å². The van der Waals surface area contributed by atoms with Gasteiger partial charge in [-0.1, -0.05) is 26.8 Å². The fourth-order valence-electron chi connectivity index (χ4n) is 1.85. The summed E-state index contributed by atoms with van der Waals surface area (Å²) in [5, 5.41) is 0. The first-order chi connectivity index (χ1) is 7.77. The van der Waals surface area contributed by atoms with Crippen LogP contribution in [0.15, 0.2) is 18.2 Å². The minimum atomic E-state index is 0.272. The minimum Gasteiger partial charge on any atom is -0.371 e. The van der Waals surface area contributed by atoms with E-state index in [0.29, 0.717) is 11.9 Å². The van der Waals surface area contributed by atoms with Crippen molar-refractivity contribution in [3.8, 4) is 0 Å². The molecule has 1 atom stereocenters. The van der Waals surface area contributed by atoms with Crippen molar-refractivity contribution in [3.63, 3.8) is 0 Å². The van der Waals surface area contributed by atoms with Gasteiger partial charge in [-0.2, -0.15) is 0 Å². The predicted octanol–water partition coefficient (Wildman–Crippen LogP) is 4.60. The van der Waals surface area contributed by atoms with Gasteiger partial charge in [0.25, 0.3) is 0 Å². The zero-order chi connectivity index (χ0) is 13.2. The smallest absolute Gasteiger partial charge is 0.0476 e. The summed E-state index contributed by atoms with van der Waals surface area (Å²) in [5.74, 6) is 0.588. The van der Waals surface area contributed by atoms with E-state index in [1.54, 1.807) is 0 Å². The van der Waals surface area contributed by atoms with Crippen LogP contribution in [0.1, 0.15) is 38.8 Å². The highest BCUT2D eigenvalue weighted by atomic mass is 35.5. The molecule has 0 amide bonds. The van der Waals surface area contributed by atoms with E-state index in [2.05, 4.69) is 64.8 Å². The van der Waals surface area contributed by atoms with Crippen LogP contribution < -0.4 is 4.90 Å². The first-order valence-electron chi connectivity index (χ1n) is 6.15. The van der Waals surface area contributed by atoms with Crippen molar-refractivity contribution in [1.82, 2.24) is 0 Å². The number of anilines is 1. The Balaban J connectivity index is 2.97. The molecule has 1 nitrogen and oxygen atoms in total. The number of halogens is 1. The van der Waals surface area contributed by atoms with E-state index in [1.807, 2.05) is 0 Å². The average Bonchev–Trinajstić information content (AvgIpc) is 2.25. The molecule has 0 spiro atoms. The first kappa shape index (κ1) is 14.4. The van der Waals surface area contributed by atoms with Gasteiger partial charge in [0, 0.05) is 24.7 Å². The maximum atomic E-state index is 5.89. The fraction of sp³-hybridized carbons (Fsp3) is 0.600. The SMILES string of the molecule is Cc1cc(N(C)C(C)C(C)(C)C)ccc1CCl. The summed E-state index contributed by atoms with van der Waals surface area (Å²) >= 11 is 5.89. The standard InChI is InChI=1S/C15H24ClN/c1-11-9-14(8-7-13(11)10-16)17(6)12(2)15(3,4)5/h7-9,12H,10H2,1-6H3. The zero-order valence-electron chi connectivity index (χ0n) is 11.8. The van der Waals surface area contributed by atoms with Gasteiger partial charge >= 0.3 is 0 Å². The molecule has 1 unspecified atom stereocenters. The Hall–Kier alpha value is -0.690. The molecule has 96 valence electrons. The van der Waals surface area contributed by atoms with Crippen molar-refractivity contribution in [3.05, 3.63) is 29.3 Å². The number of hydrogen-bond acceptors (Lipinski definition) is 1. The van der Waals surface area contributed by atoms with Crippen LogP contribution in [0.25, 0.3) is 0 Å². The lowest BCUT2D eigenvalue weighted by Gasteiger charge is -2.37. The lowest BCUT2D eigenvalue weighted by molar-refractivity contribution is 0.330. The topological polar surface area (TPSA) is 3.24 Å². The molecule has 1 aromatic rings. The highest BCUT2D eigenvalue weighted by molar-refractivity contribution is 6.17. The quantitative estimate of drug-likeness (QED) is 0.712. The van der Waals surface area contributed by atoms with Crippen molar-refractivity contribution < 1.29 is 0 Å². The molecule has 0 radical (unpaired) electrons. The van der Waals surface area contributed by atoms with Crippen LogP contribution in [0.2, 0.25) is 0 Å². The Morgan fingerprint density at radius 2 is 1.88 bits per heavy atom. The van der Waals surface area contributed by atoms with Crippen LogP contribution in [0.3, 0.4) is 0 Å². The van der Waals surface area contributed by atoms with Gasteiger partial charge in [0.1, 0.15) is 0 Å². The Labute approximate surface area is 111 Å². The number of nitrogens with zero attached hydrogens (tertiary/aromatic N) is 1. The van der Waals surface area contributed by atoms with Crippen LogP contribution >= 0.6 is 11.6 Å². The number of aryl methyl sites for hydroxylation is 1. The number of alkyl halides is 1. The summed E-state index contributed by atoms with van der Waals surface area (Å²) in [7, 11) is 2.16. The van der Waals surface area contributed by atoms with Crippen LogP contribution in [-0.4, -0.2) is 13.1 Å².